The Morgan fingerprint density at radius 1 is 1.25 bits per heavy atom. The lowest BCUT2D eigenvalue weighted by Gasteiger charge is -2.19. The van der Waals surface area contributed by atoms with E-state index in [4.69, 9.17) is 9.47 Å². The van der Waals surface area contributed by atoms with Gasteiger partial charge in [0.1, 0.15) is 6.04 Å². The Morgan fingerprint density at radius 2 is 2.04 bits per heavy atom. The van der Waals surface area contributed by atoms with E-state index in [2.05, 4.69) is 5.32 Å². The van der Waals surface area contributed by atoms with Gasteiger partial charge in [0.2, 0.25) is 5.91 Å². The number of nitrogens with one attached hydrogen (secondary N) is 1. The van der Waals surface area contributed by atoms with Crippen LogP contribution in [-0.2, 0) is 25.5 Å². The van der Waals surface area contributed by atoms with E-state index in [9.17, 15) is 9.59 Å². The van der Waals surface area contributed by atoms with Crippen molar-refractivity contribution in [1.29, 1.82) is 0 Å². The van der Waals surface area contributed by atoms with Crippen molar-refractivity contribution in [3.8, 4) is 0 Å². The molecule has 1 aliphatic rings. The summed E-state index contributed by atoms with van der Waals surface area (Å²) in [6, 6.07) is 13.3. The largest absolute Gasteiger partial charge is 0.467 e. The molecule has 5 heteroatoms. The predicted octanol–water partition coefficient (Wildman–Crippen LogP) is 2.08. The van der Waals surface area contributed by atoms with Crippen LogP contribution >= 0.6 is 0 Å². The highest BCUT2D eigenvalue weighted by Crippen LogP contribution is 2.20. The van der Waals surface area contributed by atoms with Crippen LogP contribution in [0, 0.1) is 5.92 Å². The third-order valence-electron chi connectivity index (χ3n) is 4.41. The van der Waals surface area contributed by atoms with Gasteiger partial charge in [-0.3, -0.25) is 4.79 Å². The van der Waals surface area contributed by atoms with E-state index in [1.54, 1.807) is 0 Å². The zero-order valence-electron chi connectivity index (χ0n) is 13.7. The van der Waals surface area contributed by atoms with E-state index in [-0.39, 0.29) is 11.8 Å². The van der Waals surface area contributed by atoms with E-state index in [1.165, 1.54) is 7.11 Å². The first-order valence-corrected chi connectivity index (χ1v) is 8.11. The van der Waals surface area contributed by atoms with Gasteiger partial charge >= 0.3 is 5.97 Å². The number of benzene rings is 2. The lowest BCUT2D eigenvalue weighted by molar-refractivity contribution is -0.145. The summed E-state index contributed by atoms with van der Waals surface area (Å²) in [4.78, 5) is 24.5. The van der Waals surface area contributed by atoms with Crippen molar-refractivity contribution in [2.75, 3.05) is 20.3 Å². The van der Waals surface area contributed by atoms with Crippen LogP contribution in [0.15, 0.2) is 42.5 Å². The summed E-state index contributed by atoms with van der Waals surface area (Å²) in [7, 11) is 1.34. The molecular weight excluding hydrogens is 306 g/mol. The van der Waals surface area contributed by atoms with Crippen LogP contribution in [0.2, 0.25) is 0 Å². The fourth-order valence-corrected chi connectivity index (χ4v) is 3.06. The molecule has 1 amide bonds. The van der Waals surface area contributed by atoms with Gasteiger partial charge in [-0.1, -0.05) is 42.5 Å². The fourth-order valence-electron chi connectivity index (χ4n) is 3.06. The summed E-state index contributed by atoms with van der Waals surface area (Å²) >= 11 is 0. The number of carbonyl (C=O) groups is 2. The van der Waals surface area contributed by atoms with Gasteiger partial charge in [-0.2, -0.15) is 0 Å². The van der Waals surface area contributed by atoms with Crippen molar-refractivity contribution in [2.45, 2.75) is 18.9 Å². The molecule has 1 fully saturated rings. The van der Waals surface area contributed by atoms with Gasteiger partial charge in [-0.05, 0) is 22.8 Å². The minimum absolute atomic E-state index is 0.150. The molecule has 3 rings (SSSR count). The molecule has 0 bridgehead atoms. The average molecular weight is 327 g/mol. The van der Waals surface area contributed by atoms with Gasteiger partial charge < -0.3 is 14.8 Å². The molecule has 24 heavy (non-hydrogen) atoms. The molecule has 1 heterocycles. The first-order chi connectivity index (χ1) is 11.7. The first-order valence-electron chi connectivity index (χ1n) is 8.11. The summed E-state index contributed by atoms with van der Waals surface area (Å²) in [5, 5.41) is 5.01. The van der Waals surface area contributed by atoms with Gasteiger partial charge in [0.05, 0.1) is 19.6 Å². The molecule has 1 N–H and O–H groups in total. The topological polar surface area (TPSA) is 64.6 Å². The molecule has 126 valence electrons. The van der Waals surface area contributed by atoms with Crippen molar-refractivity contribution in [3.63, 3.8) is 0 Å². The van der Waals surface area contributed by atoms with Gasteiger partial charge in [-0.25, -0.2) is 4.79 Å². The minimum atomic E-state index is -0.700. The molecule has 1 aliphatic heterocycles. The number of carbonyl (C=O) groups excluding carboxylic acids is 2. The number of ether oxygens (including phenoxy) is 2. The van der Waals surface area contributed by atoms with Gasteiger partial charge in [0.25, 0.3) is 0 Å². The maximum atomic E-state index is 12.3. The Balaban J connectivity index is 1.81. The number of rotatable bonds is 5. The number of hydrogen-bond donors (Lipinski definition) is 1. The average Bonchev–Trinajstić information content (AvgIpc) is 3.15. The molecule has 2 aromatic rings. The van der Waals surface area contributed by atoms with E-state index in [0.717, 1.165) is 16.3 Å². The number of esters is 1. The quantitative estimate of drug-likeness (QED) is 0.854. The maximum Gasteiger partial charge on any atom is 0.328 e. The second-order valence-electron chi connectivity index (χ2n) is 5.99. The molecule has 0 aliphatic carbocycles. The van der Waals surface area contributed by atoms with E-state index in [1.807, 2.05) is 42.5 Å². The number of hydrogen-bond acceptors (Lipinski definition) is 4. The zero-order chi connectivity index (χ0) is 16.9. The summed E-state index contributed by atoms with van der Waals surface area (Å²) in [5.74, 6) is -0.775. The normalized spacial score (nSPS) is 18.3. The Kier molecular flexibility index (Phi) is 5.11. The number of methoxy groups -OCH3 is 1. The molecule has 0 spiro atoms. The van der Waals surface area contributed by atoms with Crippen LogP contribution in [0.3, 0.4) is 0 Å². The summed E-state index contributed by atoms with van der Waals surface area (Å²) < 4.78 is 10.1. The summed E-state index contributed by atoms with van der Waals surface area (Å²) in [5.41, 5.74) is 1.01. The molecule has 0 radical (unpaired) electrons. The third-order valence-corrected chi connectivity index (χ3v) is 4.41. The SMILES string of the molecule is COC(=O)[C@@H](Cc1cccc2ccccc12)NC(=O)[C@H]1CCOC1. The summed E-state index contributed by atoms with van der Waals surface area (Å²) in [6.07, 6.45) is 1.08. The Morgan fingerprint density at radius 3 is 2.79 bits per heavy atom. The van der Waals surface area contributed by atoms with Crippen LogP contribution in [0.25, 0.3) is 10.8 Å². The lowest BCUT2D eigenvalue weighted by atomic mass is 9.98. The first kappa shape index (κ1) is 16.5. The molecule has 5 nitrogen and oxygen atoms in total. The van der Waals surface area contributed by atoms with Crippen molar-refractivity contribution in [2.24, 2.45) is 5.92 Å². The van der Waals surface area contributed by atoms with E-state index in [0.29, 0.717) is 26.1 Å². The minimum Gasteiger partial charge on any atom is -0.467 e. The molecule has 2 aromatic carbocycles. The summed E-state index contributed by atoms with van der Waals surface area (Å²) in [6.45, 7) is 0.998. The fraction of sp³-hybridized carbons (Fsp3) is 0.368. The zero-order valence-corrected chi connectivity index (χ0v) is 13.7. The molecule has 2 atom stereocenters. The Hall–Kier alpha value is -2.40. The lowest BCUT2D eigenvalue weighted by Crippen LogP contribution is -2.45. The van der Waals surface area contributed by atoms with Gasteiger partial charge in [-0.15, -0.1) is 0 Å². The highest BCUT2D eigenvalue weighted by Gasteiger charge is 2.29. The molecule has 0 saturated carbocycles. The monoisotopic (exact) mass is 327 g/mol. The predicted molar refractivity (Wildman–Crippen MR) is 90.5 cm³/mol. The van der Waals surface area contributed by atoms with Crippen LogP contribution in [0.1, 0.15) is 12.0 Å². The molecule has 0 unspecified atom stereocenters. The second-order valence-corrected chi connectivity index (χ2v) is 5.99. The van der Waals surface area contributed by atoms with Crippen LogP contribution in [0.5, 0.6) is 0 Å². The molecule has 0 aromatic heterocycles. The smallest absolute Gasteiger partial charge is 0.328 e. The highest BCUT2D eigenvalue weighted by molar-refractivity contribution is 5.89. The third kappa shape index (κ3) is 3.57. The standard InChI is InChI=1S/C19H21NO4/c1-23-19(22)17(20-18(21)15-9-10-24-12-15)11-14-7-4-6-13-5-2-3-8-16(13)14/h2-8,15,17H,9-12H2,1H3,(H,20,21)/t15-,17+/m0/s1. The van der Waals surface area contributed by atoms with Crippen molar-refractivity contribution in [1.82, 2.24) is 5.32 Å². The Labute approximate surface area is 140 Å². The van der Waals surface area contributed by atoms with Crippen LogP contribution in [-0.4, -0.2) is 38.2 Å². The van der Waals surface area contributed by atoms with E-state index >= 15 is 0 Å². The second kappa shape index (κ2) is 7.45. The van der Waals surface area contributed by atoms with E-state index < -0.39 is 12.0 Å². The molecular formula is C19H21NO4. The Bertz CT molecular complexity index is 732. The highest BCUT2D eigenvalue weighted by atomic mass is 16.5. The van der Waals surface area contributed by atoms with Crippen molar-refractivity contribution >= 4 is 22.6 Å². The van der Waals surface area contributed by atoms with Gasteiger partial charge in [0, 0.05) is 13.0 Å². The maximum absolute atomic E-state index is 12.3. The van der Waals surface area contributed by atoms with Crippen LogP contribution < -0.4 is 5.32 Å². The van der Waals surface area contributed by atoms with Crippen molar-refractivity contribution in [3.05, 3.63) is 48.0 Å². The molecule has 1 saturated heterocycles. The number of fused-ring (bicyclic) bond motifs is 1. The van der Waals surface area contributed by atoms with Gasteiger partial charge in [0.15, 0.2) is 0 Å². The number of amides is 1. The van der Waals surface area contributed by atoms with Crippen LogP contribution in [0.4, 0.5) is 0 Å². The van der Waals surface area contributed by atoms with Crippen molar-refractivity contribution < 1.29 is 19.1 Å².